The van der Waals surface area contributed by atoms with E-state index in [1.54, 1.807) is 5.06 Å². The smallest absolute Gasteiger partial charge is 0.330 e. The summed E-state index contributed by atoms with van der Waals surface area (Å²) in [6.45, 7) is 6.57. The van der Waals surface area contributed by atoms with Gasteiger partial charge in [-0.25, -0.2) is 14.0 Å². The first-order valence-corrected chi connectivity index (χ1v) is 8.04. The van der Waals surface area contributed by atoms with Gasteiger partial charge in [0.2, 0.25) is 0 Å². The fourth-order valence-corrected chi connectivity index (χ4v) is 2.23. The van der Waals surface area contributed by atoms with Crippen molar-refractivity contribution < 1.29 is 18.8 Å². The lowest BCUT2D eigenvalue weighted by molar-refractivity contribution is -0.204. The van der Waals surface area contributed by atoms with Crippen molar-refractivity contribution in [2.24, 2.45) is 5.41 Å². The molecule has 0 aromatic heterocycles. The quantitative estimate of drug-likeness (QED) is 0.890. The Morgan fingerprint density at radius 3 is 2.29 bits per heavy atom. The van der Waals surface area contributed by atoms with Gasteiger partial charge in [-0.15, -0.1) is 5.06 Å². The summed E-state index contributed by atoms with van der Waals surface area (Å²) in [5.41, 5.74) is -0.00474. The molecule has 1 aromatic rings. The second-order valence-corrected chi connectivity index (χ2v) is 6.94. The zero-order valence-corrected chi connectivity index (χ0v) is 14.3. The van der Waals surface area contributed by atoms with Crippen LogP contribution in [0.5, 0.6) is 0 Å². The van der Waals surface area contributed by atoms with E-state index in [1.807, 2.05) is 20.8 Å². The summed E-state index contributed by atoms with van der Waals surface area (Å²) in [7, 11) is 0. The predicted molar refractivity (Wildman–Crippen MR) is 88.7 cm³/mol. The van der Waals surface area contributed by atoms with E-state index in [0.29, 0.717) is 31.6 Å². The molecule has 24 heavy (non-hydrogen) atoms. The zero-order chi connectivity index (χ0) is 17.7. The average molecular weight is 337 g/mol. The van der Waals surface area contributed by atoms with Crippen molar-refractivity contribution in [2.75, 3.05) is 18.4 Å². The molecule has 6 nitrogen and oxygen atoms in total. The molecular formula is C17H24FN3O3. The van der Waals surface area contributed by atoms with Gasteiger partial charge in [-0.1, -0.05) is 0 Å². The molecule has 0 spiro atoms. The lowest BCUT2D eigenvalue weighted by Crippen LogP contribution is -2.47. The molecule has 1 heterocycles. The highest BCUT2D eigenvalue weighted by Crippen LogP contribution is 2.18. The average Bonchev–Trinajstić information content (AvgIpc) is 2.50. The summed E-state index contributed by atoms with van der Waals surface area (Å²) >= 11 is 0. The van der Waals surface area contributed by atoms with Crippen molar-refractivity contribution in [3.05, 3.63) is 30.1 Å². The number of halogens is 1. The van der Waals surface area contributed by atoms with Crippen LogP contribution in [0.25, 0.3) is 0 Å². The highest BCUT2D eigenvalue weighted by Gasteiger charge is 2.28. The fraction of sp³-hybridized carbons (Fsp3) is 0.529. The number of hydrogen-bond donors (Lipinski definition) is 2. The molecule has 1 saturated heterocycles. The molecule has 0 bridgehead atoms. The first kappa shape index (κ1) is 18.2. The first-order valence-electron chi connectivity index (χ1n) is 8.04. The van der Waals surface area contributed by atoms with Crippen LogP contribution in [0.15, 0.2) is 24.3 Å². The molecule has 2 amide bonds. The van der Waals surface area contributed by atoms with Crippen LogP contribution in [-0.2, 0) is 9.63 Å². The van der Waals surface area contributed by atoms with Gasteiger partial charge in [-0.2, -0.15) is 0 Å². The number of nitrogens with zero attached hydrogens (tertiary/aromatic N) is 1. The van der Waals surface area contributed by atoms with Gasteiger partial charge >= 0.3 is 12.0 Å². The van der Waals surface area contributed by atoms with E-state index >= 15 is 0 Å². The van der Waals surface area contributed by atoms with Gasteiger partial charge in [0.25, 0.3) is 0 Å². The van der Waals surface area contributed by atoms with Crippen LogP contribution in [0.4, 0.5) is 14.9 Å². The minimum atomic E-state index is -0.538. The number of carbonyl (C=O) groups is 2. The number of anilines is 1. The lowest BCUT2D eigenvalue weighted by Gasteiger charge is -2.32. The zero-order valence-electron chi connectivity index (χ0n) is 14.3. The summed E-state index contributed by atoms with van der Waals surface area (Å²) < 4.78 is 12.8. The SMILES string of the molecule is CC(C)(C)C(=O)ON1CCC(NC(=O)Nc2ccc(F)cc2)CC1. The van der Waals surface area contributed by atoms with Crippen molar-refractivity contribution in [3.8, 4) is 0 Å². The minimum Gasteiger partial charge on any atom is -0.367 e. The van der Waals surface area contributed by atoms with Gasteiger partial charge in [0.05, 0.1) is 5.41 Å². The number of rotatable bonds is 3. The summed E-state index contributed by atoms with van der Waals surface area (Å²) in [5.74, 6) is -0.610. The first-order chi connectivity index (χ1) is 11.2. The number of amides is 2. The number of hydroxylamine groups is 2. The molecule has 1 aliphatic heterocycles. The maximum Gasteiger partial charge on any atom is 0.330 e. The van der Waals surface area contributed by atoms with Gasteiger partial charge in [0, 0.05) is 24.8 Å². The number of carbonyl (C=O) groups excluding carboxylic acids is 2. The Hall–Kier alpha value is -2.15. The van der Waals surface area contributed by atoms with E-state index < -0.39 is 5.41 Å². The van der Waals surface area contributed by atoms with Gasteiger partial charge < -0.3 is 15.5 Å². The second kappa shape index (κ2) is 7.61. The summed E-state index contributed by atoms with van der Waals surface area (Å²) in [4.78, 5) is 29.1. The van der Waals surface area contributed by atoms with Crippen LogP contribution in [0.1, 0.15) is 33.6 Å². The van der Waals surface area contributed by atoms with E-state index in [4.69, 9.17) is 4.84 Å². The van der Waals surface area contributed by atoms with E-state index in [9.17, 15) is 14.0 Å². The van der Waals surface area contributed by atoms with Crippen LogP contribution in [0.2, 0.25) is 0 Å². The molecular weight excluding hydrogens is 313 g/mol. The normalized spacial score (nSPS) is 16.5. The van der Waals surface area contributed by atoms with Gasteiger partial charge in [0.15, 0.2) is 0 Å². The molecule has 1 aliphatic rings. The Kier molecular flexibility index (Phi) is 5.77. The topological polar surface area (TPSA) is 70.7 Å². The van der Waals surface area contributed by atoms with Gasteiger partial charge in [-0.3, -0.25) is 0 Å². The molecule has 2 N–H and O–H groups in total. The molecule has 0 saturated carbocycles. The number of piperidine rings is 1. The number of hydrogen-bond acceptors (Lipinski definition) is 4. The predicted octanol–water partition coefficient (Wildman–Crippen LogP) is 2.92. The lowest BCUT2D eigenvalue weighted by atomic mass is 9.98. The molecule has 132 valence electrons. The molecule has 0 radical (unpaired) electrons. The van der Waals surface area contributed by atoms with E-state index in [0.717, 1.165) is 0 Å². The van der Waals surface area contributed by atoms with E-state index in [-0.39, 0.29) is 23.9 Å². The Morgan fingerprint density at radius 1 is 1.17 bits per heavy atom. The Labute approximate surface area is 141 Å². The standard InChI is InChI=1S/C17H24FN3O3/c1-17(2,3)15(22)24-21-10-8-14(9-11-21)20-16(23)19-13-6-4-12(18)5-7-13/h4-7,14H,8-11H2,1-3H3,(H2,19,20,23). The second-order valence-electron chi connectivity index (χ2n) is 6.94. The molecule has 1 aromatic carbocycles. The Balaban J connectivity index is 1.73. The molecule has 0 aliphatic carbocycles. The summed E-state index contributed by atoms with van der Waals surface area (Å²) in [6.07, 6.45) is 1.38. The number of nitrogens with one attached hydrogen (secondary N) is 2. The largest absolute Gasteiger partial charge is 0.367 e. The van der Waals surface area contributed by atoms with Crippen LogP contribution in [0.3, 0.4) is 0 Å². The van der Waals surface area contributed by atoms with E-state index in [1.165, 1.54) is 24.3 Å². The minimum absolute atomic E-state index is 0.00929. The third-order valence-electron chi connectivity index (χ3n) is 3.72. The molecule has 0 unspecified atom stereocenters. The molecule has 0 atom stereocenters. The highest BCUT2D eigenvalue weighted by molar-refractivity contribution is 5.89. The van der Waals surface area contributed by atoms with Gasteiger partial charge in [-0.05, 0) is 57.9 Å². The summed E-state index contributed by atoms with van der Waals surface area (Å²) in [6, 6.07) is 5.27. The monoisotopic (exact) mass is 337 g/mol. The third-order valence-corrected chi connectivity index (χ3v) is 3.72. The number of benzene rings is 1. The van der Waals surface area contributed by atoms with Crippen molar-refractivity contribution in [3.63, 3.8) is 0 Å². The molecule has 7 heteroatoms. The molecule has 1 fully saturated rings. The van der Waals surface area contributed by atoms with Crippen LogP contribution in [-0.4, -0.2) is 36.2 Å². The van der Waals surface area contributed by atoms with Crippen molar-refractivity contribution in [1.29, 1.82) is 0 Å². The maximum absolute atomic E-state index is 12.8. The van der Waals surface area contributed by atoms with Crippen LogP contribution in [0, 0.1) is 11.2 Å². The van der Waals surface area contributed by atoms with Crippen LogP contribution >= 0.6 is 0 Å². The van der Waals surface area contributed by atoms with E-state index in [2.05, 4.69) is 10.6 Å². The fourth-order valence-electron chi connectivity index (χ4n) is 2.23. The van der Waals surface area contributed by atoms with Crippen molar-refractivity contribution in [2.45, 2.75) is 39.7 Å². The number of urea groups is 1. The Morgan fingerprint density at radius 2 is 1.75 bits per heavy atom. The highest BCUT2D eigenvalue weighted by atomic mass is 19.1. The van der Waals surface area contributed by atoms with Crippen molar-refractivity contribution >= 4 is 17.7 Å². The Bertz CT molecular complexity index is 576. The van der Waals surface area contributed by atoms with Crippen LogP contribution < -0.4 is 10.6 Å². The van der Waals surface area contributed by atoms with Crippen molar-refractivity contribution in [1.82, 2.24) is 10.4 Å². The van der Waals surface area contributed by atoms with Gasteiger partial charge in [0.1, 0.15) is 5.82 Å². The molecule has 2 rings (SSSR count). The third kappa shape index (κ3) is 5.49. The maximum atomic E-state index is 12.8. The summed E-state index contributed by atoms with van der Waals surface area (Å²) in [5, 5.41) is 7.18.